The van der Waals surface area contributed by atoms with Crippen LogP contribution in [0, 0.1) is 34.5 Å². The van der Waals surface area contributed by atoms with E-state index in [4.69, 9.17) is 5.73 Å². The molecule has 0 spiro atoms. The number of carbonyl (C=O) groups is 1. The third-order valence-corrected chi connectivity index (χ3v) is 8.58. The Hall–Kier alpha value is -0.570. The molecule has 7 unspecified atom stereocenters. The van der Waals surface area contributed by atoms with Gasteiger partial charge in [0, 0.05) is 12.5 Å². The Morgan fingerprint density at radius 1 is 1.05 bits per heavy atom. The second-order valence-corrected chi connectivity index (χ2v) is 9.13. The minimum absolute atomic E-state index is 0.283. The molecule has 0 radical (unpaired) electrons. The highest BCUT2D eigenvalue weighted by Gasteiger charge is 2.59. The van der Waals surface area contributed by atoms with E-state index in [1.165, 1.54) is 38.5 Å². The lowest BCUT2D eigenvalue weighted by molar-refractivity contribution is -0.136. The maximum Gasteiger partial charge on any atom is 0.220 e. The SMILES string of the molecule is CC12CCC3C(CCC4NC(=O)CCC43C)C1CCC2CN. The number of nitrogens with one attached hydrogen (secondary N) is 1. The van der Waals surface area contributed by atoms with Gasteiger partial charge in [0.25, 0.3) is 0 Å². The summed E-state index contributed by atoms with van der Waals surface area (Å²) in [6, 6.07) is 0.436. The molecule has 3 N–H and O–H groups in total. The second-order valence-electron chi connectivity index (χ2n) is 9.13. The lowest BCUT2D eigenvalue weighted by atomic mass is 9.47. The molecule has 1 saturated heterocycles. The molecule has 3 nitrogen and oxygen atoms in total. The fourth-order valence-electron chi connectivity index (χ4n) is 7.20. The summed E-state index contributed by atoms with van der Waals surface area (Å²) in [5.74, 6) is 3.61. The van der Waals surface area contributed by atoms with Crippen molar-refractivity contribution in [3.63, 3.8) is 0 Å². The predicted octanol–water partition coefficient (Wildman–Crippen LogP) is 3.08. The van der Waals surface area contributed by atoms with Gasteiger partial charge >= 0.3 is 0 Å². The van der Waals surface area contributed by atoms with Crippen molar-refractivity contribution < 1.29 is 4.79 Å². The average molecular weight is 304 g/mol. The van der Waals surface area contributed by atoms with E-state index in [0.717, 1.165) is 43.1 Å². The molecule has 3 saturated carbocycles. The molecule has 4 aliphatic rings. The van der Waals surface area contributed by atoms with Gasteiger partial charge in [-0.05, 0) is 86.0 Å². The Morgan fingerprint density at radius 3 is 2.59 bits per heavy atom. The number of carbonyl (C=O) groups excluding carboxylic acids is 1. The zero-order valence-corrected chi connectivity index (χ0v) is 14.2. The lowest BCUT2D eigenvalue weighted by Gasteiger charge is -2.60. The van der Waals surface area contributed by atoms with Crippen LogP contribution in [0.2, 0.25) is 0 Å². The first-order chi connectivity index (χ1) is 10.5. The highest BCUT2D eigenvalue weighted by molar-refractivity contribution is 5.77. The Morgan fingerprint density at radius 2 is 1.82 bits per heavy atom. The summed E-state index contributed by atoms with van der Waals surface area (Å²) < 4.78 is 0. The third kappa shape index (κ3) is 1.87. The smallest absolute Gasteiger partial charge is 0.220 e. The second kappa shape index (κ2) is 4.96. The molecule has 0 aromatic carbocycles. The van der Waals surface area contributed by atoms with E-state index in [9.17, 15) is 4.79 Å². The quantitative estimate of drug-likeness (QED) is 0.782. The van der Waals surface area contributed by atoms with Crippen molar-refractivity contribution in [2.24, 2.45) is 40.2 Å². The molecule has 124 valence electrons. The molecular weight excluding hydrogens is 272 g/mol. The normalized spacial score (nSPS) is 54.1. The molecular formula is C19H32N2O. The largest absolute Gasteiger partial charge is 0.353 e. The first-order valence-electron chi connectivity index (χ1n) is 9.48. The van der Waals surface area contributed by atoms with E-state index < -0.39 is 0 Å². The molecule has 1 aliphatic heterocycles. The summed E-state index contributed by atoms with van der Waals surface area (Å²) in [4.78, 5) is 11.8. The molecule has 4 fully saturated rings. The lowest BCUT2D eigenvalue weighted by Crippen LogP contribution is -2.61. The first kappa shape index (κ1) is 15.0. The summed E-state index contributed by atoms with van der Waals surface area (Å²) in [7, 11) is 0. The molecule has 3 heteroatoms. The Kier molecular flexibility index (Phi) is 3.38. The first-order valence-corrected chi connectivity index (χ1v) is 9.48. The molecule has 0 aromatic rings. The van der Waals surface area contributed by atoms with Gasteiger partial charge in [0.2, 0.25) is 5.91 Å². The molecule has 0 bridgehead atoms. The van der Waals surface area contributed by atoms with Crippen molar-refractivity contribution in [1.29, 1.82) is 0 Å². The Bertz CT molecular complexity index is 478. The van der Waals surface area contributed by atoms with E-state index >= 15 is 0 Å². The van der Waals surface area contributed by atoms with Crippen LogP contribution in [0.5, 0.6) is 0 Å². The van der Waals surface area contributed by atoms with Crippen LogP contribution in [0.1, 0.15) is 65.2 Å². The van der Waals surface area contributed by atoms with E-state index in [-0.39, 0.29) is 5.91 Å². The van der Waals surface area contributed by atoms with E-state index in [1.807, 2.05) is 0 Å². The fourth-order valence-corrected chi connectivity index (χ4v) is 7.20. The summed E-state index contributed by atoms with van der Waals surface area (Å²) in [6.45, 7) is 5.89. The van der Waals surface area contributed by atoms with Crippen molar-refractivity contribution in [3.05, 3.63) is 0 Å². The fraction of sp³-hybridized carbons (Fsp3) is 0.947. The zero-order valence-electron chi connectivity index (χ0n) is 14.2. The van der Waals surface area contributed by atoms with Gasteiger partial charge in [-0.25, -0.2) is 0 Å². The van der Waals surface area contributed by atoms with Crippen molar-refractivity contribution in [2.45, 2.75) is 71.3 Å². The van der Waals surface area contributed by atoms with Gasteiger partial charge in [0.15, 0.2) is 0 Å². The number of rotatable bonds is 1. The van der Waals surface area contributed by atoms with Crippen LogP contribution >= 0.6 is 0 Å². The number of fused-ring (bicyclic) bond motifs is 5. The maximum atomic E-state index is 11.8. The van der Waals surface area contributed by atoms with Crippen LogP contribution in [-0.4, -0.2) is 18.5 Å². The van der Waals surface area contributed by atoms with E-state index in [2.05, 4.69) is 19.2 Å². The molecule has 7 atom stereocenters. The standard InChI is InChI=1S/C19H32N2O/c1-18-9-7-15-13(14(18)5-3-12(18)11-20)4-6-16-19(15,2)10-8-17(22)21-16/h12-16H,3-11,20H2,1-2H3,(H,21,22). The Labute approximate surface area is 134 Å². The average Bonchev–Trinajstić information content (AvgIpc) is 2.84. The molecule has 4 rings (SSSR count). The van der Waals surface area contributed by atoms with Crippen LogP contribution in [0.3, 0.4) is 0 Å². The predicted molar refractivity (Wildman–Crippen MR) is 88.1 cm³/mol. The van der Waals surface area contributed by atoms with Crippen molar-refractivity contribution in [1.82, 2.24) is 5.32 Å². The minimum Gasteiger partial charge on any atom is -0.353 e. The van der Waals surface area contributed by atoms with E-state index in [1.54, 1.807) is 0 Å². The zero-order chi connectivity index (χ0) is 15.5. The van der Waals surface area contributed by atoms with Crippen LogP contribution in [0.4, 0.5) is 0 Å². The monoisotopic (exact) mass is 304 g/mol. The van der Waals surface area contributed by atoms with Crippen molar-refractivity contribution >= 4 is 5.91 Å². The highest BCUT2D eigenvalue weighted by Crippen LogP contribution is 2.65. The number of hydrogen-bond donors (Lipinski definition) is 2. The summed E-state index contributed by atoms with van der Waals surface area (Å²) in [6.07, 6.45) is 9.82. The van der Waals surface area contributed by atoms with E-state index in [0.29, 0.717) is 16.9 Å². The van der Waals surface area contributed by atoms with Gasteiger partial charge in [-0.2, -0.15) is 0 Å². The van der Waals surface area contributed by atoms with Gasteiger partial charge in [0.05, 0.1) is 0 Å². The topological polar surface area (TPSA) is 55.1 Å². The highest BCUT2D eigenvalue weighted by atomic mass is 16.1. The minimum atomic E-state index is 0.283. The summed E-state index contributed by atoms with van der Waals surface area (Å²) >= 11 is 0. The molecule has 22 heavy (non-hydrogen) atoms. The molecule has 1 amide bonds. The van der Waals surface area contributed by atoms with Crippen molar-refractivity contribution in [2.75, 3.05) is 6.54 Å². The third-order valence-electron chi connectivity index (χ3n) is 8.58. The van der Waals surface area contributed by atoms with Gasteiger partial charge in [-0.3, -0.25) is 4.79 Å². The van der Waals surface area contributed by atoms with Crippen molar-refractivity contribution in [3.8, 4) is 0 Å². The number of amides is 1. The maximum absolute atomic E-state index is 11.8. The van der Waals surface area contributed by atoms with Gasteiger partial charge in [0.1, 0.15) is 0 Å². The number of piperidine rings is 1. The molecule has 3 aliphatic carbocycles. The number of hydrogen-bond acceptors (Lipinski definition) is 2. The summed E-state index contributed by atoms with van der Waals surface area (Å²) in [5.41, 5.74) is 6.94. The van der Waals surface area contributed by atoms with Crippen LogP contribution < -0.4 is 11.1 Å². The number of nitrogens with two attached hydrogens (primary N) is 1. The van der Waals surface area contributed by atoms with Gasteiger partial charge < -0.3 is 11.1 Å². The molecule has 1 heterocycles. The summed E-state index contributed by atoms with van der Waals surface area (Å²) in [5, 5.41) is 3.32. The molecule has 0 aromatic heterocycles. The Balaban J connectivity index is 1.62. The van der Waals surface area contributed by atoms with Gasteiger partial charge in [-0.15, -0.1) is 0 Å². The van der Waals surface area contributed by atoms with Crippen LogP contribution in [-0.2, 0) is 4.79 Å². The van der Waals surface area contributed by atoms with Crippen LogP contribution in [0.15, 0.2) is 0 Å². The van der Waals surface area contributed by atoms with Gasteiger partial charge in [-0.1, -0.05) is 13.8 Å². The van der Waals surface area contributed by atoms with Crippen LogP contribution in [0.25, 0.3) is 0 Å².